The number of nitrogens with one attached hydrogen (secondary N) is 1. The molecule has 0 unspecified atom stereocenters. The Morgan fingerprint density at radius 2 is 2.15 bits per heavy atom. The number of methoxy groups -OCH3 is 2. The third-order valence-corrected chi connectivity index (χ3v) is 4.32. The van der Waals surface area contributed by atoms with Crippen molar-refractivity contribution < 1.29 is 14.3 Å². The maximum absolute atomic E-state index is 12.2. The maximum Gasteiger partial charge on any atom is 0.255 e. The van der Waals surface area contributed by atoms with Gasteiger partial charge in [-0.3, -0.25) is 4.79 Å². The van der Waals surface area contributed by atoms with E-state index < -0.39 is 0 Å². The van der Waals surface area contributed by atoms with E-state index in [-0.39, 0.29) is 11.3 Å². The molecule has 0 bridgehead atoms. The molecule has 110 valence electrons. The average Bonchev–Trinajstić information content (AvgIpc) is 3.23. The topological polar surface area (TPSA) is 47.6 Å². The molecule has 1 aromatic carbocycles. The van der Waals surface area contributed by atoms with Crippen molar-refractivity contribution in [3.8, 4) is 5.75 Å². The third kappa shape index (κ3) is 3.73. The molecule has 0 aromatic heterocycles. The van der Waals surface area contributed by atoms with Crippen molar-refractivity contribution in [2.75, 3.05) is 27.4 Å². The minimum Gasteiger partial charge on any atom is -0.496 e. The summed E-state index contributed by atoms with van der Waals surface area (Å²) in [5.41, 5.74) is 0.812. The Labute approximate surface area is 128 Å². The van der Waals surface area contributed by atoms with E-state index in [1.54, 1.807) is 26.4 Å². The molecule has 0 radical (unpaired) electrons. The zero-order chi connectivity index (χ0) is 14.6. The van der Waals surface area contributed by atoms with E-state index in [1.165, 1.54) is 0 Å². The van der Waals surface area contributed by atoms with E-state index in [4.69, 9.17) is 9.47 Å². The zero-order valence-corrected chi connectivity index (χ0v) is 13.5. The Hall–Kier alpha value is -1.07. The highest BCUT2D eigenvalue weighted by molar-refractivity contribution is 9.10. The summed E-state index contributed by atoms with van der Waals surface area (Å²) in [6.07, 6.45) is 3.32. The van der Waals surface area contributed by atoms with Crippen LogP contribution in [0.15, 0.2) is 22.7 Å². The number of hydrogen-bond acceptors (Lipinski definition) is 3. The molecule has 0 spiro atoms. The normalized spacial score (nSPS) is 15.8. The van der Waals surface area contributed by atoms with Gasteiger partial charge in [0.25, 0.3) is 5.91 Å². The largest absolute Gasteiger partial charge is 0.496 e. The first-order valence-electron chi connectivity index (χ1n) is 6.71. The number of rotatable bonds is 7. The molecule has 1 N–H and O–H groups in total. The van der Waals surface area contributed by atoms with E-state index in [2.05, 4.69) is 21.2 Å². The summed E-state index contributed by atoms with van der Waals surface area (Å²) in [5, 5.41) is 3.02. The average molecular weight is 342 g/mol. The van der Waals surface area contributed by atoms with Crippen LogP contribution < -0.4 is 10.1 Å². The number of carbonyl (C=O) groups excluding carboxylic acids is 1. The predicted molar refractivity (Wildman–Crippen MR) is 81.2 cm³/mol. The summed E-state index contributed by atoms with van der Waals surface area (Å²) >= 11 is 3.37. The van der Waals surface area contributed by atoms with E-state index in [0.29, 0.717) is 17.9 Å². The molecule has 0 atom stereocenters. The Morgan fingerprint density at radius 3 is 2.75 bits per heavy atom. The first-order valence-corrected chi connectivity index (χ1v) is 7.50. The molecule has 0 aliphatic heterocycles. The van der Waals surface area contributed by atoms with Gasteiger partial charge >= 0.3 is 0 Å². The van der Waals surface area contributed by atoms with Gasteiger partial charge in [0.2, 0.25) is 0 Å². The number of carbonyl (C=O) groups is 1. The molecule has 20 heavy (non-hydrogen) atoms. The third-order valence-electron chi connectivity index (χ3n) is 3.83. The van der Waals surface area contributed by atoms with E-state index >= 15 is 0 Å². The van der Waals surface area contributed by atoms with Crippen molar-refractivity contribution in [1.29, 1.82) is 0 Å². The van der Waals surface area contributed by atoms with Crippen molar-refractivity contribution in [2.45, 2.75) is 19.3 Å². The number of amides is 1. The summed E-state index contributed by atoms with van der Waals surface area (Å²) in [5.74, 6) is 0.497. The van der Waals surface area contributed by atoms with Crippen LogP contribution in [-0.2, 0) is 4.74 Å². The molecular formula is C15H20BrNO3. The molecule has 5 heteroatoms. The van der Waals surface area contributed by atoms with Crippen LogP contribution in [0.1, 0.15) is 29.6 Å². The van der Waals surface area contributed by atoms with Crippen molar-refractivity contribution in [3.63, 3.8) is 0 Å². The molecule has 1 fully saturated rings. The molecule has 4 nitrogen and oxygen atoms in total. The Balaban J connectivity index is 1.95. The fourth-order valence-electron chi connectivity index (χ4n) is 2.23. The first-order chi connectivity index (χ1) is 9.60. The van der Waals surface area contributed by atoms with Crippen LogP contribution in [0.3, 0.4) is 0 Å². The minimum atomic E-state index is -0.0851. The van der Waals surface area contributed by atoms with Gasteiger partial charge in [0.15, 0.2) is 0 Å². The van der Waals surface area contributed by atoms with Gasteiger partial charge in [-0.2, -0.15) is 0 Å². The summed E-state index contributed by atoms with van der Waals surface area (Å²) in [7, 11) is 3.28. The summed E-state index contributed by atoms with van der Waals surface area (Å²) < 4.78 is 11.3. The smallest absolute Gasteiger partial charge is 0.255 e. The molecular weight excluding hydrogens is 322 g/mol. The lowest BCUT2D eigenvalue weighted by atomic mass is 10.0. The van der Waals surface area contributed by atoms with E-state index in [0.717, 1.165) is 30.3 Å². The van der Waals surface area contributed by atoms with Gasteiger partial charge in [0, 0.05) is 24.7 Å². The van der Waals surface area contributed by atoms with Gasteiger partial charge in [0.05, 0.1) is 12.7 Å². The highest BCUT2D eigenvalue weighted by atomic mass is 79.9. The lowest BCUT2D eigenvalue weighted by Crippen LogP contribution is -2.31. The lowest BCUT2D eigenvalue weighted by Gasteiger charge is -2.16. The molecule has 1 saturated carbocycles. The van der Waals surface area contributed by atoms with Gasteiger partial charge < -0.3 is 14.8 Å². The van der Waals surface area contributed by atoms with Gasteiger partial charge in [0.1, 0.15) is 5.75 Å². The Bertz CT molecular complexity index is 486. The van der Waals surface area contributed by atoms with Crippen LogP contribution in [0.2, 0.25) is 0 Å². The van der Waals surface area contributed by atoms with E-state index in [1.807, 2.05) is 6.07 Å². The van der Waals surface area contributed by atoms with Gasteiger partial charge in [-0.15, -0.1) is 0 Å². The summed E-state index contributed by atoms with van der Waals surface area (Å²) in [4.78, 5) is 12.2. The molecule has 0 heterocycles. The molecule has 0 saturated heterocycles. The second-order valence-electron chi connectivity index (χ2n) is 5.27. The predicted octanol–water partition coefficient (Wildman–Crippen LogP) is 3.00. The SMILES string of the molecule is COCCC1(CNC(=O)c2ccc(Br)cc2OC)CC1. The molecule has 1 aliphatic rings. The summed E-state index contributed by atoms with van der Waals surface area (Å²) in [6, 6.07) is 5.41. The van der Waals surface area contributed by atoms with Crippen LogP contribution >= 0.6 is 15.9 Å². The van der Waals surface area contributed by atoms with Crippen molar-refractivity contribution >= 4 is 21.8 Å². The number of ether oxygens (including phenoxy) is 2. The van der Waals surface area contributed by atoms with Gasteiger partial charge in [-0.25, -0.2) is 0 Å². The second-order valence-corrected chi connectivity index (χ2v) is 6.19. The summed E-state index contributed by atoms with van der Waals surface area (Å²) in [6.45, 7) is 1.45. The van der Waals surface area contributed by atoms with Crippen LogP contribution in [0.5, 0.6) is 5.75 Å². The van der Waals surface area contributed by atoms with Gasteiger partial charge in [-0.05, 0) is 42.9 Å². The quantitative estimate of drug-likeness (QED) is 0.829. The number of hydrogen-bond donors (Lipinski definition) is 1. The van der Waals surface area contributed by atoms with Crippen molar-refractivity contribution in [3.05, 3.63) is 28.2 Å². The highest BCUT2D eigenvalue weighted by Crippen LogP contribution is 2.48. The minimum absolute atomic E-state index is 0.0851. The standard InChI is InChI=1S/C15H20BrNO3/c1-19-8-7-15(5-6-15)10-17-14(18)12-4-3-11(16)9-13(12)20-2/h3-4,9H,5-8,10H2,1-2H3,(H,17,18). The van der Waals surface area contributed by atoms with Crippen LogP contribution in [0, 0.1) is 5.41 Å². The van der Waals surface area contributed by atoms with Gasteiger partial charge in [-0.1, -0.05) is 15.9 Å². The number of halogens is 1. The van der Waals surface area contributed by atoms with Crippen LogP contribution in [0.25, 0.3) is 0 Å². The Kier molecular flexibility index (Phi) is 5.05. The monoisotopic (exact) mass is 341 g/mol. The molecule has 1 aliphatic carbocycles. The van der Waals surface area contributed by atoms with Crippen LogP contribution in [-0.4, -0.2) is 33.3 Å². The fourth-order valence-corrected chi connectivity index (χ4v) is 2.57. The first kappa shape index (κ1) is 15.3. The molecule has 1 aromatic rings. The van der Waals surface area contributed by atoms with E-state index in [9.17, 15) is 4.79 Å². The Morgan fingerprint density at radius 1 is 1.40 bits per heavy atom. The van der Waals surface area contributed by atoms with Crippen molar-refractivity contribution in [2.24, 2.45) is 5.41 Å². The molecule has 2 rings (SSSR count). The molecule has 1 amide bonds. The zero-order valence-electron chi connectivity index (χ0n) is 11.9. The van der Waals surface area contributed by atoms with Crippen LogP contribution in [0.4, 0.5) is 0 Å². The fraction of sp³-hybridized carbons (Fsp3) is 0.533. The van der Waals surface area contributed by atoms with Crippen molar-refractivity contribution in [1.82, 2.24) is 5.32 Å². The second kappa shape index (κ2) is 6.59. The number of benzene rings is 1. The lowest BCUT2D eigenvalue weighted by molar-refractivity contribution is 0.0935. The highest BCUT2D eigenvalue weighted by Gasteiger charge is 2.42. The maximum atomic E-state index is 12.2.